The fourth-order valence-electron chi connectivity index (χ4n) is 3.78. The topological polar surface area (TPSA) is 57.2 Å². The largest absolute Gasteiger partial charge is 0.504 e. The van der Waals surface area contributed by atoms with E-state index in [2.05, 4.69) is 12.6 Å². The van der Waals surface area contributed by atoms with E-state index in [9.17, 15) is 5.11 Å². The zero-order valence-corrected chi connectivity index (χ0v) is 19.7. The molecule has 1 N–H and O–H groups in total. The molecule has 5 nitrogen and oxygen atoms in total. The summed E-state index contributed by atoms with van der Waals surface area (Å²) < 4.78 is 23.7. The van der Waals surface area contributed by atoms with Crippen molar-refractivity contribution in [1.82, 2.24) is 0 Å². The summed E-state index contributed by atoms with van der Waals surface area (Å²) in [6.45, 7) is 8.20. The summed E-state index contributed by atoms with van der Waals surface area (Å²) in [5.74, 6) is 1.81. The van der Waals surface area contributed by atoms with E-state index in [1.807, 2.05) is 62.4 Å². The van der Waals surface area contributed by atoms with E-state index in [-0.39, 0.29) is 11.9 Å². The van der Waals surface area contributed by atoms with Gasteiger partial charge in [0.15, 0.2) is 23.0 Å². The molecule has 3 aromatic carbocycles. The maximum atomic E-state index is 10.1. The molecule has 0 aliphatic heterocycles. The summed E-state index contributed by atoms with van der Waals surface area (Å²) in [6, 6.07) is 19.2. The highest BCUT2D eigenvalue weighted by atomic mass is 16.6. The smallest absolute Gasteiger partial charge is 0.164 e. The Morgan fingerprint density at radius 3 is 2.33 bits per heavy atom. The Morgan fingerprint density at radius 2 is 1.67 bits per heavy atom. The minimum atomic E-state index is -0.420. The van der Waals surface area contributed by atoms with Crippen LogP contribution in [0.5, 0.6) is 23.0 Å². The summed E-state index contributed by atoms with van der Waals surface area (Å²) in [6.07, 6.45) is 1.84. The number of ether oxygens (including phenoxy) is 4. The molecule has 3 rings (SSSR count). The number of aryl methyl sites for hydroxylation is 1. The molecule has 0 aliphatic carbocycles. The molecule has 3 aromatic rings. The van der Waals surface area contributed by atoms with Crippen LogP contribution in [0.4, 0.5) is 0 Å². The van der Waals surface area contributed by atoms with Gasteiger partial charge in [0.1, 0.15) is 12.2 Å². The van der Waals surface area contributed by atoms with Crippen LogP contribution in [-0.4, -0.2) is 25.4 Å². The lowest BCUT2D eigenvalue weighted by Crippen LogP contribution is -2.25. The van der Waals surface area contributed by atoms with Crippen molar-refractivity contribution in [3.8, 4) is 23.0 Å². The highest BCUT2D eigenvalue weighted by Gasteiger charge is 2.25. The van der Waals surface area contributed by atoms with Gasteiger partial charge in [-0.2, -0.15) is 0 Å². The van der Waals surface area contributed by atoms with Crippen molar-refractivity contribution in [1.29, 1.82) is 0 Å². The number of allylic oxidation sites excluding steroid dienone is 1. The predicted octanol–water partition coefficient (Wildman–Crippen LogP) is 6.17. The van der Waals surface area contributed by atoms with Crippen LogP contribution in [0.15, 0.2) is 73.3 Å². The van der Waals surface area contributed by atoms with Crippen LogP contribution in [0, 0.1) is 6.92 Å². The molecule has 5 heteroatoms. The van der Waals surface area contributed by atoms with Gasteiger partial charge in [0.05, 0.1) is 20.8 Å². The second-order valence-corrected chi connectivity index (χ2v) is 7.91. The van der Waals surface area contributed by atoms with Gasteiger partial charge in [0.2, 0.25) is 0 Å². The van der Waals surface area contributed by atoms with E-state index >= 15 is 0 Å². The average molecular weight is 449 g/mol. The summed E-state index contributed by atoms with van der Waals surface area (Å²) in [5.41, 5.74) is 3.98. The molecule has 0 saturated heterocycles. The van der Waals surface area contributed by atoms with Gasteiger partial charge in [-0.15, -0.1) is 6.58 Å². The lowest BCUT2D eigenvalue weighted by atomic mass is 10.0. The van der Waals surface area contributed by atoms with Crippen molar-refractivity contribution in [2.45, 2.75) is 39.1 Å². The van der Waals surface area contributed by atoms with Gasteiger partial charge < -0.3 is 24.1 Å². The minimum Gasteiger partial charge on any atom is -0.504 e. The first-order chi connectivity index (χ1) is 16.0. The molecule has 2 atom stereocenters. The predicted molar refractivity (Wildman–Crippen MR) is 130 cm³/mol. The summed E-state index contributed by atoms with van der Waals surface area (Å²) in [7, 11) is 3.16. The van der Waals surface area contributed by atoms with E-state index in [0.717, 1.165) is 28.7 Å². The summed E-state index contributed by atoms with van der Waals surface area (Å²) >= 11 is 0. The summed E-state index contributed by atoms with van der Waals surface area (Å²) in [5, 5.41) is 10.1. The lowest BCUT2D eigenvalue weighted by molar-refractivity contribution is -0.0308. The van der Waals surface area contributed by atoms with Crippen molar-refractivity contribution in [3.05, 3.63) is 95.6 Å². The van der Waals surface area contributed by atoms with Crippen molar-refractivity contribution in [2.24, 2.45) is 0 Å². The number of methoxy groups -OCH3 is 2. The third kappa shape index (κ3) is 6.08. The van der Waals surface area contributed by atoms with Crippen molar-refractivity contribution in [3.63, 3.8) is 0 Å². The maximum absolute atomic E-state index is 10.1. The number of hydrogen-bond acceptors (Lipinski definition) is 5. The lowest BCUT2D eigenvalue weighted by Gasteiger charge is -2.28. The summed E-state index contributed by atoms with van der Waals surface area (Å²) in [4.78, 5) is 0. The molecular weight excluding hydrogens is 416 g/mol. The molecule has 0 spiro atoms. The SMILES string of the molecule is C=CCc1cc(C)c(OC(C)C(OCc2ccccc2)c2ccc(O)c(OC)c2)c(OC)c1. The van der Waals surface area contributed by atoms with E-state index in [4.69, 9.17) is 18.9 Å². The van der Waals surface area contributed by atoms with Crippen LogP contribution in [0.25, 0.3) is 0 Å². The zero-order valence-electron chi connectivity index (χ0n) is 19.7. The average Bonchev–Trinajstić information content (AvgIpc) is 2.82. The van der Waals surface area contributed by atoms with Crippen molar-refractivity contribution >= 4 is 0 Å². The molecule has 0 saturated carbocycles. The Hall–Kier alpha value is -3.44. The second-order valence-electron chi connectivity index (χ2n) is 7.91. The Bertz CT molecular complexity index is 1060. The highest BCUT2D eigenvalue weighted by molar-refractivity contribution is 5.50. The van der Waals surface area contributed by atoms with Crippen LogP contribution in [-0.2, 0) is 17.8 Å². The number of phenols is 1. The first-order valence-corrected chi connectivity index (χ1v) is 10.9. The molecule has 2 unspecified atom stereocenters. The number of rotatable bonds is 11. The normalized spacial score (nSPS) is 12.6. The first kappa shape index (κ1) is 24.2. The van der Waals surface area contributed by atoms with Crippen LogP contribution < -0.4 is 14.2 Å². The standard InChI is InChI=1S/C28H32O5/c1-6-10-22-15-19(2)27(26(16-22)31-5)33-20(3)28(32-18-21-11-8-7-9-12-21)23-13-14-24(29)25(17-23)30-4/h6-9,11-17,20,28-29H,1,10,18H2,2-5H3. The highest BCUT2D eigenvalue weighted by Crippen LogP contribution is 2.37. The molecular formula is C28H32O5. The Labute approximate surface area is 196 Å². The molecule has 0 amide bonds. The number of hydrogen-bond donors (Lipinski definition) is 1. The fraction of sp³-hybridized carbons (Fsp3) is 0.286. The van der Waals surface area contributed by atoms with Gasteiger partial charge in [-0.3, -0.25) is 0 Å². The van der Waals surface area contributed by atoms with Crippen LogP contribution in [0.2, 0.25) is 0 Å². The molecule has 33 heavy (non-hydrogen) atoms. The van der Waals surface area contributed by atoms with Crippen LogP contribution in [0.1, 0.15) is 35.3 Å². The quantitative estimate of drug-likeness (QED) is 0.355. The second kappa shape index (κ2) is 11.4. The van der Waals surface area contributed by atoms with Gasteiger partial charge >= 0.3 is 0 Å². The Kier molecular flexibility index (Phi) is 8.39. The van der Waals surface area contributed by atoms with Crippen LogP contribution in [0.3, 0.4) is 0 Å². The molecule has 174 valence electrons. The first-order valence-electron chi connectivity index (χ1n) is 10.9. The molecule has 0 aliphatic rings. The van der Waals surface area contributed by atoms with Gasteiger partial charge in [0, 0.05) is 0 Å². The molecule has 0 heterocycles. The maximum Gasteiger partial charge on any atom is 0.164 e. The molecule has 0 fully saturated rings. The van der Waals surface area contributed by atoms with E-state index in [1.165, 1.54) is 7.11 Å². The van der Waals surface area contributed by atoms with E-state index < -0.39 is 6.10 Å². The van der Waals surface area contributed by atoms with Crippen molar-refractivity contribution < 1.29 is 24.1 Å². The van der Waals surface area contributed by atoms with Gasteiger partial charge in [0.25, 0.3) is 0 Å². The van der Waals surface area contributed by atoms with Gasteiger partial charge in [-0.1, -0.05) is 48.5 Å². The Balaban J connectivity index is 1.92. The molecule has 0 radical (unpaired) electrons. The van der Waals surface area contributed by atoms with Gasteiger partial charge in [-0.25, -0.2) is 0 Å². The Morgan fingerprint density at radius 1 is 0.939 bits per heavy atom. The molecule has 0 bridgehead atoms. The zero-order chi connectivity index (χ0) is 23.8. The van der Waals surface area contributed by atoms with Crippen molar-refractivity contribution in [2.75, 3.05) is 14.2 Å². The van der Waals surface area contributed by atoms with E-state index in [1.54, 1.807) is 19.2 Å². The third-order valence-electron chi connectivity index (χ3n) is 5.44. The van der Waals surface area contributed by atoms with Gasteiger partial charge in [-0.05, 0) is 60.7 Å². The third-order valence-corrected chi connectivity index (χ3v) is 5.44. The molecule has 0 aromatic heterocycles. The monoisotopic (exact) mass is 448 g/mol. The minimum absolute atomic E-state index is 0.0759. The number of phenolic OH excluding ortho intramolecular Hbond substituents is 1. The van der Waals surface area contributed by atoms with Crippen LogP contribution >= 0.6 is 0 Å². The number of benzene rings is 3. The van der Waals surface area contributed by atoms with E-state index in [0.29, 0.717) is 23.9 Å². The number of aromatic hydroxyl groups is 1. The fourth-order valence-corrected chi connectivity index (χ4v) is 3.78.